The third-order valence-corrected chi connectivity index (χ3v) is 5.22. The summed E-state index contributed by atoms with van der Waals surface area (Å²) >= 11 is 0. The van der Waals surface area contributed by atoms with Crippen molar-refractivity contribution >= 4 is 5.71 Å². The quantitative estimate of drug-likeness (QED) is 0.841. The molecule has 1 aromatic rings. The summed E-state index contributed by atoms with van der Waals surface area (Å²) in [5.74, 6) is -1.48. The fraction of sp³-hybridized carbons (Fsp3) is 0.444. The molecule has 120 valence electrons. The van der Waals surface area contributed by atoms with Gasteiger partial charge in [0.1, 0.15) is 5.92 Å². The van der Waals surface area contributed by atoms with E-state index < -0.39 is 17.3 Å². The van der Waals surface area contributed by atoms with Crippen molar-refractivity contribution in [2.24, 2.45) is 17.3 Å². The normalized spacial score (nSPS) is 28.8. The second-order valence-electron chi connectivity index (χ2n) is 6.20. The first kappa shape index (κ1) is 16.0. The molecular weight excluding hydrogens is 302 g/mol. The Kier molecular flexibility index (Phi) is 3.97. The van der Waals surface area contributed by atoms with Crippen molar-refractivity contribution in [2.75, 3.05) is 19.6 Å². The van der Waals surface area contributed by atoms with Gasteiger partial charge >= 0.3 is 0 Å². The number of furan rings is 1. The van der Waals surface area contributed by atoms with E-state index in [1.807, 2.05) is 6.08 Å². The van der Waals surface area contributed by atoms with Gasteiger partial charge in [0, 0.05) is 24.9 Å². The lowest BCUT2D eigenvalue weighted by atomic mass is 9.54. The van der Waals surface area contributed by atoms with Crippen LogP contribution in [0.2, 0.25) is 0 Å². The summed E-state index contributed by atoms with van der Waals surface area (Å²) in [7, 11) is 0. The maximum absolute atomic E-state index is 9.82. The van der Waals surface area contributed by atoms with Crippen molar-refractivity contribution in [3.63, 3.8) is 0 Å². The molecule has 1 aliphatic heterocycles. The number of rotatable bonds is 2. The van der Waals surface area contributed by atoms with Crippen LogP contribution in [0.5, 0.6) is 0 Å². The third kappa shape index (κ3) is 2.07. The predicted octanol–water partition coefficient (Wildman–Crippen LogP) is 2.45. The summed E-state index contributed by atoms with van der Waals surface area (Å²) in [4.78, 5) is 2.21. The van der Waals surface area contributed by atoms with E-state index in [2.05, 4.69) is 30.0 Å². The minimum Gasteiger partial charge on any atom is -0.472 e. The highest BCUT2D eigenvalue weighted by Crippen LogP contribution is 2.53. The van der Waals surface area contributed by atoms with E-state index in [0.717, 1.165) is 24.2 Å². The lowest BCUT2D eigenvalue weighted by molar-refractivity contribution is 0.211. The van der Waals surface area contributed by atoms with Crippen LogP contribution >= 0.6 is 0 Å². The average molecular weight is 319 g/mol. The summed E-state index contributed by atoms with van der Waals surface area (Å²) in [6.07, 6.45) is 5.04. The monoisotopic (exact) mass is 319 g/mol. The largest absolute Gasteiger partial charge is 0.472 e. The van der Waals surface area contributed by atoms with Crippen molar-refractivity contribution in [3.8, 4) is 18.2 Å². The van der Waals surface area contributed by atoms with Crippen molar-refractivity contribution in [1.29, 1.82) is 21.2 Å². The highest BCUT2D eigenvalue weighted by molar-refractivity contribution is 6.00. The van der Waals surface area contributed by atoms with E-state index in [-0.39, 0.29) is 11.6 Å². The molecule has 0 aromatic carbocycles. The number of nitrogens with zero attached hydrogens (tertiary/aromatic N) is 4. The maximum Gasteiger partial charge on any atom is 0.189 e. The number of fused-ring (bicyclic) bond motifs is 1. The molecule has 1 N–H and O–H groups in total. The average Bonchev–Trinajstić information content (AvgIpc) is 3.14. The predicted molar refractivity (Wildman–Crippen MR) is 85.6 cm³/mol. The van der Waals surface area contributed by atoms with Crippen LogP contribution in [-0.2, 0) is 0 Å². The van der Waals surface area contributed by atoms with E-state index in [0.29, 0.717) is 6.54 Å². The van der Waals surface area contributed by atoms with E-state index in [1.54, 1.807) is 6.07 Å². The molecular formula is C18H17N5O. The molecule has 0 amide bonds. The molecule has 24 heavy (non-hydrogen) atoms. The second-order valence-corrected chi connectivity index (χ2v) is 6.20. The Balaban J connectivity index is 2.23. The summed E-state index contributed by atoms with van der Waals surface area (Å²) in [6, 6.07) is 8.01. The van der Waals surface area contributed by atoms with Gasteiger partial charge in [0.25, 0.3) is 0 Å². The standard InChI is InChI=1S/C18H17N5O/c1-2-23-5-3-13-14(7-19)17(22)18(10-20,11-21)16(15(13)8-23)12-4-6-24-9-12/h3-4,6,9,14-16,22H,2,5,8H2,1H3/t14?,15-,16+/m0/s1. The minimum atomic E-state index is -1.65. The number of nitrogens with one attached hydrogen (secondary N) is 1. The van der Waals surface area contributed by atoms with Crippen LogP contribution in [0, 0.1) is 56.7 Å². The summed E-state index contributed by atoms with van der Waals surface area (Å²) in [5, 5.41) is 37.7. The molecule has 0 spiro atoms. The smallest absolute Gasteiger partial charge is 0.189 e. The van der Waals surface area contributed by atoms with Crippen LogP contribution in [0.15, 0.2) is 34.7 Å². The molecule has 3 rings (SSSR count). The fourth-order valence-electron chi connectivity index (χ4n) is 3.95. The molecule has 2 aliphatic rings. The zero-order valence-electron chi connectivity index (χ0n) is 13.4. The molecule has 6 heteroatoms. The van der Waals surface area contributed by atoms with Crippen LogP contribution < -0.4 is 0 Å². The Morgan fingerprint density at radius 3 is 2.67 bits per heavy atom. The van der Waals surface area contributed by atoms with E-state index in [4.69, 9.17) is 9.83 Å². The van der Waals surface area contributed by atoms with Gasteiger partial charge in [0.2, 0.25) is 0 Å². The van der Waals surface area contributed by atoms with Gasteiger partial charge in [-0.25, -0.2) is 0 Å². The van der Waals surface area contributed by atoms with Crippen molar-refractivity contribution < 1.29 is 4.42 Å². The first-order valence-corrected chi connectivity index (χ1v) is 7.88. The highest BCUT2D eigenvalue weighted by Gasteiger charge is 2.57. The molecule has 0 bridgehead atoms. The molecule has 2 heterocycles. The van der Waals surface area contributed by atoms with Gasteiger partial charge in [-0.1, -0.05) is 13.0 Å². The number of likely N-dealkylation sites (N-methyl/N-ethyl adjacent to an activating group) is 1. The fourth-order valence-corrected chi connectivity index (χ4v) is 3.95. The maximum atomic E-state index is 9.82. The molecule has 1 fully saturated rings. The molecule has 6 nitrogen and oxygen atoms in total. The second kappa shape index (κ2) is 5.96. The molecule has 0 saturated heterocycles. The van der Waals surface area contributed by atoms with E-state index in [1.165, 1.54) is 12.5 Å². The zero-order chi connectivity index (χ0) is 17.3. The molecule has 1 saturated carbocycles. The summed E-state index contributed by atoms with van der Waals surface area (Å²) in [5.41, 5.74) is -0.176. The number of hydrogen-bond donors (Lipinski definition) is 1. The number of nitriles is 3. The molecule has 1 aliphatic carbocycles. The lowest BCUT2D eigenvalue weighted by Crippen LogP contribution is -2.52. The van der Waals surface area contributed by atoms with Gasteiger partial charge in [-0.3, -0.25) is 4.90 Å². The Hall–Kier alpha value is -2.88. The van der Waals surface area contributed by atoms with Gasteiger partial charge in [0.05, 0.1) is 36.4 Å². The van der Waals surface area contributed by atoms with Gasteiger partial charge in [-0.2, -0.15) is 15.8 Å². The van der Waals surface area contributed by atoms with Crippen LogP contribution in [-0.4, -0.2) is 30.2 Å². The molecule has 1 unspecified atom stereocenters. The van der Waals surface area contributed by atoms with Crippen LogP contribution in [0.1, 0.15) is 18.4 Å². The Morgan fingerprint density at radius 1 is 1.38 bits per heavy atom. The van der Waals surface area contributed by atoms with Crippen molar-refractivity contribution in [3.05, 3.63) is 35.8 Å². The first-order chi connectivity index (χ1) is 11.6. The molecule has 3 atom stereocenters. The number of hydrogen-bond acceptors (Lipinski definition) is 6. The topological polar surface area (TPSA) is 112 Å². The zero-order valence-corrected chi connectivity index (χ0v) is 13.4. The SMILES string of the molecule is CCN1CC=C2C(C#N)C(=N)C(C#N)(C#N)[C@H](c3ccoc3)[C@H]2C1. The van der Waals surface area contributed by atoms with Crippen LogP contribution in [0.4, 0.5) is 0 Å². The van der Waals surface area contributed by atoms with Gasteiger partial charge in [-0.05, 0) is 23.7 Å². The highest BCUT2D eigenvalue weighted by atomic mass is 16.3. The van der Waals surface area contributed by atoms with Gasteiger partial charge in [0.15, 0.2) is 5.41 Å². The Labute approximate surface area is 140 Å². The molecule has 1 aromatic heterocycles. The van der Waals surface area contributed by atoms with Crippen molar-refractivity contribution in [1.82, 2.24) is 4.90 Å². The van der Waals surface area contributed by atoms with E-state index in [9.17, 15) is 15.8 Å². The van der Waals surface area contributed by atoms with Crippen LogP contribution in [0.3, 0.4) is 0 Å². The van der Waals surface area contributed by atoms with Gasteiger partial charge in [-0.15, -0.1) is 0 Å². The Bertz CT molecular complexity index is 788. The summed E-state index contributed by atoms with van der Waals surface area (Å²) < 4.78 is 5.18. The lowest BCUT2D eigenvalue weighted by Gasteiger charge is -2.47. The Morgan fingerprint density at radius 2 is 2.12 bits per heavy atom. The van der Waals surface area contributed by atoms with Crippen molar-refractivity contribution in [2.45, 2.75) is 12.8 Å². The molecule has 0 radical (unpaired) electrons. The van der Waals surface area contributed by atoms with Crippen LogP contribution in [0.25, 0.3) is 0 Å². The van der Waals surface area contributed by atoms with E-state index >= 15 is 0 Å². The summed E-state index contributed by atoms with van der Waals surface area (Å²) in [6.45, 7) is 4.28. The third-order valence-electron chi connectivity index (χ3n) is 5.22. The first-order valence-electron chi connectivity index (χ1n) is 7.88. The van der Waals surface area contributed by atoms with Gasteiger partial charge < -0.3 is 9.83 Å². The minimum absolute atomic E-state index is 0.117.